The molecule has 1 aliphatic rings. The van der Waals surface area contributed by atoms with Gasteiger partial charge in [-0.3, -0.25) is 0 Å². The number of benzene rings is 1. The van der Waals surface area contributed by atoms with E-state index in [4.69, 9.17) is 0 Å². The summed E-state index contributed by atoms with van der Waals surface area (Å²) in [7, 11) is 0. The Bertz CT molecular complexity index is 491. The van der Waals surface area contributed by atoms with Crippen LogP contribution in [0.25, 0.3) is 5.57 Å². The summed E-state index contributed by atoms with van der Waals surface area (Å²) >= 11 is 0. The second-order valence-electron chi connectivity index (χ2n) is 4.09. The van der Waals surface area contributed by atoms with Gasteiger partial charge in [0.05, 0.1) is 5.56 Å². The standard InChI is InChI=1S/C13H10F4/c1-7-2-3-9(10(15)4-7)13-11(16)5-8(14)6-12(13)17/h3-7H,2H2,1H3. The van der Waals surface area contributed by atoms with Crippen molar-refractivity contribution >= 4 is 5.57 Å². The van der Waals surface area contributed by atoms with Crippen LogP contribution in [0.15, 0.2) is 30.1 Å². The maximum Gasteiger partial charge on any atom is 0.136 e. The summed E-state index contributed by atoms with van der Waals surface area (Å²) in [5.41, 5.74) is -0.648. The Labute approximate surface area is 96.3 Å². The number of hydrogen-bond acceptors (Lipinski definition) is 0. The third kappa shape index (κ3) is 2.25. The Morgan fingerprint density at radius 3 is 2.18 bits per heavy atom. The third-order valence-electron chi connectivity index (χ3n) is 2.66. The first-order chi connectivity index (χ1) is 7.99. The number of rotatable bonds is 1. The van der Waals surface area contributed by atoms with Crippen molar-refractivity contribution in [3.05, 3.63) is 53.1 Å². The second-order valence-corrected chi connectivity index (χ2v) is 4.09. The molecule has 0 nitrogen and oxygen atoms in total. The smallest absolute Gasteiger partial charge is 0.136 e. The normalized spacial score (nSPS) is 19.9. The molecule has 4 heteroatoms. The van der Waals surface area contributed by atoms with Crippen LogP contribution >= 0.6 is 0 Å². The van der Waals surface area contributed by atoms with E-state index in [0.29, 0.717) is 18.6 Å². The van der Waals surface area contributed by atoms with Crippen LogP contribution in [0.5, 0.6) is 0 Å². The van der Waals surface area contributed by atoms with Crippen molar-refractivity contribution in [3.8, 4) is 0 Å². The van der Waals surface area contributed by atoms with Crippen LogP contribution in [0.4, 0.5) is 17.6 Å². The van der Waals surface area contributed by atoms with Gasteiger partial charge in [0.1, 0.15) is 23.3 Å². The highest BCUT2D eigenvalue weighted by molar-refractivity contribution is 5.78. The van der Waals surface area contributed by atoms with Gasteiger partial charge in [-0.2, -0.15) is 0 Å². The Morgan fingerprint density at radius 1 is 1.06 bits per heavy atom. The average Bonchev–Trinajstić information content (AvgIpc) is 2.19. The SMILES string of the molecule is CC1C=C(F)C(c2c(F)cc(F)cc2F)=CC1. The van der Waals surface area contributed by atoms with E-state index in [0.717, 1.165) is 0 Å². The zero-order valence-electron chi connectivity index (χ0n) is 9.11. The number of allylic oxidation sites excluding steroid dienone is 4. The monoisotopic (exact) mass is 242 g/mol. The van der Waals surface area contributed by atoms with Gasteiger partial charge in [0.2, 0.25) is 0 Å². The molecule has 0 spiro atoms. The zero-order chi connectivity index (χ0) is 12.6. The molecule has 0 fully saturated rings. The van der Waals surface area contributed by atoms with E-state index in [-0.39, 0.29) is 11.5 Å². The topological polar surface area (TPSA) is 0 Å². The minimum Gasteiger partial charge on any atom is -0.207 e. The van der Waals surface area contributed by atoms with Gasteiger partial charge in [-0.05, 0) is 18.4 Å². The molecular formula is C13H10F4. The van der Waals surface area contributed by atoms with Crippen LogP contribution < -0.4 is 0 Å². The van der Waals surface area contributed by atoms with E-state index in [1.165, 1.54) is 12.2 Å². The van der Waals surface area contributed by atoms with Crippen molar-refractivity contribution in [2.24, 2.45) is 5.92 Å². The Kier molecular flexibility index (Phi) is 3.05. The molecule has 0 saturated heterocycles. The zero-order valence-corrected chi connectivity index (χ0v) is 9.11. The van der Waals surface area contributed by atoms with Crippen LogP contribution in [-0.2, 0) is 0 Å². The summed E-state index contributed by atoms with van der Waals surface area (Å²) in [5.74, 6) is -3.88. The Morgan fingerprint density at radius 2 is 1.65 bits per heavy atom. The molecule has 0 heterocycles. The number of hydrogen-bond donors (Lipinski definition) is 0. The molecule has 0 bridgehead atoms. The molecule has 0 N–H and O–H groups in total. The fraction of sp³-hybridized carbons (Fsp3) is 0.231. The van der Waals surface area contributed by atoms with Crippen molar-refractivity contribution in [2.75, 3.05) is 0 Å². The van der Waals surface area contributed by atoms with Crippen LogP contribution in [0.3, 0.4) is 0 Å². The Hall–Kier alpha value is -1.58. The molecule has 1 unspecified atom stereocenters. The molecule has 1 aromatic rings. The van der Waals surface area contributed by atoms with Gasteiger partial charge < -0.3 is 0 Å². The molecule has 17 heavy (non-hydrogen) atoms. The van der Waals surface area contributed by atoms with E-state index in [2.05, 4.69) is 0 Å². The first-order valence-electron chi connectivity index (χ1n) is 5.22. The summed E-state index contributed by atoms with van der Waals surface area (Å²) < 4.78 is 53.2. The predicted molar refractivity (Wildman–Crippen MR) is 57.3 cm³/mol. The molecule has 0 aromatic heterocycles. The molecule has 0 aliphatic heterocycles. The molecule has 0 saturated carbocycles. The van der Waals surface area contributed by atoms with E-state index in [1.54, 1.807) is 6.92 Å². The van der Waals surface area contributed by atoms with Crippen molar-refractivity contribution in [1.29, 1.82) is 0 Å². The fourth-order valence-electron chi connectivity index (χ4n) is 1.83. The van der Waals surface area contributed by atoms with E-state index in [9.17, 15) is 17.6 Å². The molecule has 0 radical (unpaired) electrons. The average molecular weight is 242 g/mol. The van der Waals surface area contributed by atoms with Crippen LogP contribution in [0, 0.1) is 23.4 Å². The highest BCUT2D eigenvalue weighted by Gasteiger charge is 2.21. The van der Waals surface area contributed by atoms with Gasteiger partial charge in [-0.1, -0.05) is 13.0 Å². The lowest BCUT2D eigenvalue weighted by atomic mass is 9.92. The molecule has 90 valence electrons. The van der Waals surface area contributed by atoms with Crippen molar-refractivity contribution in [2.45, 2.75) is 13.3 Å². The second kappa shape index (κ2) is 4.35. The molecule has 1 aromatic carbocycles. The van der Waals surface area contributed by atoms with E-state index < -0.39 is 28.8 Å². The van der Waals surface area contributed by atoms with Crippen LogP contribution in [0.1, 0.15) is 18.9 Å². The van der Waals surface area contributed by atoms with Crippen molar-refractivity contribution < 1.29 is 17.6 Å². The summed E-state index contributed by atoms with van der Waals surface area (Å²) in [6.07, 6.45) is 3.23. The summed E-state index contributed by atoms with van der Waals surface area (Å²) in [6.45, 7) is 1.80. The lowest BCUT2D eigenvalue weighted by Gasteiger charge is -2.15. The molecular weight excluding hydrogens is 232 g/mol. The maximum atomic E-state index is 13.6. The highest BCUT2D eigenvalue weighted by atomic mass is 19.1. The lowest BCUT2D eigenvalue weighted by Crippen LogP contribution is -2.03. The van der Waals surface area contributed by atoms with Crippen molar-refractivity contribution in [3.63, 3.8) is 0 Å². The molecule has 1 aliphatic carbocycles. The third-order valence-corrected chi connectivity index (χ3v) is 2.66. The van der Waals surface area contributed by atoms with Gasteiger partial charge in [0.25, 0.3) is 0 Å². The minimum atomic E-state index is -1.09. The molecule has 0 amide bonds. The van der Waals surface area contributed by atoms with Gasteiger partial charge in [-0.25, -0.2) is 17.6 Å². The van der Waals surface area contributed by atoms with Gasteiger partial charge in [0, 0.05) is 17.7 Å². The molecule has 1 atom stereocenters. The van der Waals surface area contributed by atoms with Crippen LogP contribution in [-0.4, -0.2) is 0 Å². The van der Waals surface area contributed by atoms with Crippen molar-refractivity contribution in [1.82, 2.24) is 0 Å². The van der Waals surface area contributed by atoms with Gasteiger partial charge in [-0.15, -0.1) is 0 Å². The Balaban J connectivity index is 2.53. The quantitative estimate of drug-likeness (QED) is 0.641. The lowest BCUT2D eigenvalue weighted by molar-refractivity contribution is 0.535. The maximum absolute atomic E-state index is 13.6. The van der Waals surface area contributed by atoms with E-state index >= 15 is 0 Å². The predicted octanol–water partition coefficient (Wildman–Crippen LogP) is 4.38. The van der Waals surface area contributed by atoms with Gasteiger partial charge >= 0.3 is 0 Å². The minimum absolute atomic E-state index is 0.00896. The molecule has 2 rings (SSSR count). The van der Waals surface area contributed by atoms with Crippen LogP contribution in [0.2, 0.25) is 0 Å². The fourth-order valence-corrected chi connectivity index (χ4v) is 1.83. The summed E-state index contributed by atoms with van der Waals surface area (Å²) in [5, 5.41) is 0. The first kappa shape index (κ1) is 11.9. The highest BCUT2D eigenvalue weighted by Crippen LogP contribution is 2.34. The summed E-state index contributed by atoms with van der Waals surface area (Å²) in [6, 6.07) is 1.09. The number of halogens is 4. The largest absolute Gasteiger partial charge is 0.207 e. The first-order valence-corrected chi connectivity index (χ1v) is 5.22. The summed E-state index contributed by atoms with van der Waals surface area (Å²) in [4.78, 5) is 0. The van der Waals surface area contributed by atoms with E-state index in [1.807, 2.05) is 0 Å². The van der Waals surface area contributed by atoms with Gasteiger partial charge in [0.15, 0.2) is 0 Å².